The fraction of sp³-hybridized carbons (Fsp3) is 0.158. The second-order valence-corrected chi connectivity index (χ2v) is 6.18. The fourth-order valence-corrected chi connectivity index (χ4v) is 2.78. The van der Waals surface area contributed by atoms with Crippen molar-refractivity contribution in [1.82, 2.24) is 5.32 Å². The van der Waals surface area contributed by atoms with Crippen LogP contribution in [0.3, 0.4) is 0 Å². The van der Waals surface area contributed by atoms with Crippen molar-refractivity contribution < 1.29 is 13.7 Å². The Morgan fingerprint density at radius 2 is 1.89 bits per heavy atom. The molecule has 0 saturated heterocycles. The SMILES string of the molecule is Cl.O=[N+]([O-])c1ccc(NCCNCc2ccc(-c3ccccc3F)o2)c(Cl)c1. The zero-order chi connectivity index (χ0) is 19.2. The quantitative estimate of drug-likeness (QED) is 0.291. The summed E-state index contributed by atoms with van der Waals surface area (Å²) in [7, 11) is 0. The number of halogens is 3. The smallest absolute Gasteiger partial charge is 0.271 e. The van der Waals surface area contributed by atoms with Gasteiger partial charge in [-0.2, -0.15) is 0 Å². The minimum atomic E-state index is -0.490. The van der Waals surface area contributed by atoms with E-state index >= 15 is 0 Å². The molecule has 0 amide bonds. The van der Waals surface area contributed by atoms with E-state index in [9.17, 15) is 14.5 Å². The number of rotatable bonds is 8. The van der Waals surface area contributed by atoms with E-state index in [2.05, 4.69) is 10.6 Å². The summed E-state index contributed by atoms with van der Waals surface area (Å²) in [6.45, 7) is 1.67. The van der Waals surface area contributed by atoms with Gasteiger partial charge in [0.2, 0.25) is 0 Å². The molecule has 9 heteroatoms. The standard InChI is InChI=1S/C19H17ClFN3O3.ClH/c20-16-11-13(24(25)26)5-7-18(16)23-10-9-22-12-14-6-8-19(27-14)15-3-1-2-4-17(15)21;/h1-8,11,22-23H,9-10,12H2;1H. The minimum Gasteiger partial charge on any atom is -0.460 e. The van der Waals surface area contributed by atoms with E-state index in [1.165, 1.54) is 18.2 Å². The monoisotopic (exact) mass is 425 g/mol. The number of furan rings is 1. The van der Waals surface area contributed by atoms with Gasteiger partial charge in [-0.3, -0.25) is 10.1 Å². The molecule has 0 fully saturated rings. The van der Waals surface area contributed by atoms with Crippen molar-refractivity contribution >= 4 is 35.4 Å². The number of nitrogens with zero attached hydrogens (tertiary/aromatic N) is 1. The van der Waals surface area contributed by atoms with Gasteiger partial charge in [0.1, 0.15) is 17.3 Å². The molecule has 3 rings (SSSR count). The highest BCUT2D eigenvalue weighted by Gasteiger charge is 2.10. The first-order valence-corrected chi connectivity index (χ1v) is 8.64. The molecule has 2 N–H and O–H groups in total. The zero-order valence-corrected chi connectivity index (χ0v) is 16.2. The van der Waals surface area contributed by atoms with Crippen molar-refractivity contribution in [3.8, 4) is 11.3 Å². The molecule has 0 bridgehead atoms. The first kappa shape index (κ1) is 21.7. The van der Waals surface area contributed by atoms with Crippen molar-refractivity contribution in [3.63, 3.8) is 0 Å². The molecule has 0 aliphatic carbocycles. The van der Waals surface area contributed by atoms with E-state index in [1.807, 2.05) is 0 Å². The third kappa shape index (κ3) is 5.45. The van der Waals surface area contributed by atoms with Gasteiger partial charge < -0.3 is 15.1 Å². The molecule has 0 saturated carbocycles. The molecule has 28 heavy (non-hydrogen) atoms. The van der Waals surface area contributed by atoms with Crippen LogP contribution in [0, 0.1) is 15.9 Å². The van der Waals surface area contributed by atoms with Gasteiger partial charge in [0.25, 0.3) is 5.69 Å². The van der Waals surface area contributed by atoms with Gasteiger partial charge in [0, 0.05) is 25.2 Å². The number of hydrogen-bond donors (Lipinski definition) is 2. The summed E-state index contributed by atoms with van der Waals surface area (Å²) >= 11 is 6.02. The van der Waals surface area contributed by atoms with Crippen molar-refractivity contribution in [1.29, 1.82) is 0 Å². The largest absolute Gasteiger partial charge is 0.460 e. The molecule has 148 valence electrons. The molecule has 6 nitrogen and oxygen atoms in total. The second kappa shape index (κ2) is 10.1. The Morgan fingerprint density at radius 1 is 1.11 bits per heavy atom. The average molecular weight is 426 g/mol. The van der Waals surface area contributed by atoms with Crippen molar-refractivity contribution in [2.75, 3.05) is 18.4 Å². The van der Waals surface area contributed by atoms with Gasteiger partial charge in [-0.15, -0.1) is 12.4 Å². The van der Waals surface area contributed by atoms with E-state index in [1.54, 1.807) is 36.4 Å². The number of non-ortho nitro benzene ring substituents is 1. The van der Waals surface area contributed by atoms with Crippen molar-refractivity contribution in [2.24, 2.45) is 0 Å². The third-order valence-corrected chi connectivity index (χ3v) is 4.19. The van der Waals surface area contributed by atoms with E-state index in [-0.39, 0.29) is 23.9 Å². The molecule has 3 aromatic rings. The van der Waals surface area contributed by atoms with Crippen molar-refractivity contribution in [3.05, 3.63) is 81.3 Å². The maximum absolute atomic E-state index is 13.8. The van der Waals surface area contributed by atoms with Crippen LogP contribution >= 0.6 is 24.0 Å². The topological polar surface area (TPSA) is 80.3 Å². The number of nitrogens with one attached hydrogen (secondary N) is 2. The lowest BCUT2D eigenvalue weighted by Crippen LogP contribution is -2.21. The van der Waals surface area contributed by atoms with E-state index in [0.717, 1.165) is 0 Å². The highest BCUT2D eigenvalue weighted by Crippen LogP contribution is 2.26. The molecule has 2 aromatic carbocycles. The minimum absolute atomic E-state index is 0. The average Bonchev–Trinajstić information content (AvgIpc) is 3.11. The van der Waals surface area contributed by atoms with Crippen LogP contribution in [-0.2, 0) is 6.54 Å². The summed E-state index contributed by atoms with van der Waals surface area (Å²) in [6.07, 6.45) is 0. The summed E-state index contributed by atoms with van der Waals surface area (Å²) in [5.74, 6) is 0.859. The Hall–Kier alpha value is -2.61. The molecule has 0 radical (unpaired) electrons. The van der Waals surface area contributed by atoms with Crippen LogP contribution in [-0.4, -0.2) is 18.0 Å². The van der Waals surface area contributed by atoms with E-state index in [4.69, 9.17) is 16.0 Å². The second-order valence-electron chi connectivity index (χ2n) is 5.77. The lowest BCUT2D eigenvalue weighted by molar-refractivity contribution is -0.384. The Bertz CT molecular complexity index is 950. The van der Waals surface area contributed by atoms with E-state index < -0.39 is 4.92 Å². The van der Waals surface area contributed by atoms with Gasteiger partial charge in [-0.1, -0.05) is 23.7 Å². The van der Waals surface area contributed by atoms with Crippen LogP contribution < -0.4 is 10.6 Å². The Labute approximate surface area is 172 Å². The van der Waals surface area contributed by atoms with Gasteiger partial charge in [-0.25, -0.2) is 4.39 Å². The van der Waals surface area contributed by atoms with Crippen LogP contribution in [0.4, 0.5) is 15.8 Å². The number of nitro benzene ring substituents is 1. The lowest BCUT2D eigenvalue weighted by Gasteiger charge is -2.08. The molecular formula is C19H18Cl2FN3O3. The Balaban J connectivity index is 0.00000280. The van der Waals surface area contributed by atoms with Gasteiger partial charge >= 0.3 is 0 Å². The van der Waals surface area contributed by atoms with Crippen LogP contribution in [0.1, 0.15) is 5.76 Å². The Kier molecular flexibility index (Phi) is 7.80. The van der Waals surface area contributed by atoms with Gasteiger partial charge in [-0.05, 0) is 30.3 Å². The maximum atomic E-state index is 13.8. The van der Waals surface area contributed by atoms with E-state index in [0.29, 0.717) is 47.4 Å². The van der Waals surface area contributed by atoms with Gasteiger partial charge in [0.05, 0.1) is 27.7 Å². The molecule has 1 aromatic heterocycles. The normalized spacial score (nSPS) is 10.4. The number of benzene rings is 2. The summed E-state index contributed by atoms with van der Waals surface area (Å²) in [4.78, 5) is 10.2. The van der Waals surface area contributed by atoms with Crippen LogP contribution in [0.5, 0.6) is 0 Å². The van der Waals surface area contributed by atoms with Crippen LogP contribution in [0.25, 0.3) is 11.3 Å². The number of hydrogen-bond acceptors (Lipinski definition) is 5. The van der Waals surface area contributed by atoms with Gasteiger partial charge in [0.15, 0.2) is 0 Å². The molecule has 0 aliphatic rings. The summed E-state index contributed by atoms with van der Waals surface area (Å²) in [6, 6.07) is 14.3. The molecule has 0 aliphatic heterocycles. The first-order chi connectivity index (χ1) is 13.0. The molecule has 0 unspecified atom stereocenters. The van der Waals surface area contributed by atoms with Crippen LogP contribution in [0.2, 0.25) is 5.02 Å². The predicted octanol–water partition coefficient (Wildman–Crippen LogP) is 5.27. The fourth-order valence-electron chi connectivity index (χ4n) is 2.54. The molecule has 0 atom stereocenters. The summed E-state index contributed by atoms with van der Waals surface area (Å²) < 4.78 is 19.4. The highest BCUT2D eigenvalue weighted by molar-refractivity contribution is 6.33. The molecular weight excluding hydrogens is 408 g/mol. The van der Waals surface area contributed by atoms with Crippen molar-refractivity contribution in [2.45, 2.75) is 6.54 Å². The molecule has 1 heterocycles. The number of anilines is 1. The zero-order valence-electron chi connectivity index (χ0n) is 14.7. The van der Waals surface area contributed by atoms with Crippen LogP contribution in [0.15, 0.2) is 59.0 Å². The lowest BCUT2D eigenvalue weighted by atomic mass is 10.1. The summed E-state index contributed by atoms with van der Waals surface area (Å²) in [5.41, 5.74) is 1.01. The molecule has 0 spiro atoms. The number of nitro groups is 1. The first-order valence-electron chi connectivity index (χ1n) is 8.27. The summed E-state index contributed by atoms with van der Waals surface area (Å²) in [5, 5.41) is 17.3. The Morgan fingerprint density at radius 3 is 2.61 bits per heavy atom. The highest BCUT2D eigenvalue weighted by atomic mass is 35.5. The third-order valence-electron chi connectivity index (χ3n) is 3.88. The maximum Gasteiger partial charge on any atom is 0.271 e. The predicted molar refractivity (Wildman–Crippen MR) is 110 cm³/mol.